The Morgan fingerprint density at radius 2 is 1.79 bits per heavy atom. The van der Waals surface area contributed by atoms with E-state index in [-0.39, 0.29) is 18.0 Å². The predicted octanol–water partition coefficient (Wildman–Crippen LogP) is 4.05. The maximum absolute atomic E-state index is 12.4. The Bertz CT molecular complexity index is 832. The van der Waals surface area contributed by atoms with Crippen molar-refractivity contribution < 1.29 is 9.72 Å². The highest BCUT2D eigenvalue weighted by molar-refractivity contribution is 5.76. The van der Waals surface area contributed by atoms with Crippen LogP contribution in [-0.4, -0.2) is 42.4 Å². The molecule has 7 heteroatoms. The Labute approximate surface area is 171 Å². The number of para-hydroxylation sites is 2. The number of hydrogen-bond donors (Lipinski definition) is 1. The number of amides is 1. The first kappa shape index (κ1) is 20.6. The summed E-state index contributed by atoms with van der Waals surface area (Å²) in [7, 11) is 1.78. The van der Waals surface area contributed by atoms with E-state index in [9.17, 15) is 14.9 Å². The second-order valence-electron chi connectivity index (χ2n) is 7.41. The molecule has 1 fully saturated rings. The summed E-state index contributed by atoms with van der Waals surface area (Å²) >= 11 is 0. The quantitative estimate of drug-likeness (QED) is 0.538. The monoisotopic (exact) mass is 396 g/mol. The Kier molecular flexibility index (Phi) is 7.05. The van der Waals surface area contributed by atoms with Crippen molar-refractivity contribution in [2.45, 2.75) is 32.2 Å². The van der Waals surface area contributed by atoms with Gasteiger partial charge in [-0.15, -0.1) is 0 Å². The molecule has 0 spiro atoms. The second kappa shape index (κ2) is 9.91. The average molecular weight is 396 g/mol. The molecule has 2 aromatic carbocycles. The third-order valence-corrected chi connectivity index (χ3v) is 5.26. The summed E-state index contributed by atoms with van der Waals surface area (Å²) in [5, 5.41) is 14.0. The van der Waals surface area contributed by atoms with E-state index in [1.165, 1.54) is 31.0 Å². The Morgan fingerprint density at radius 3 is 2.48 bits per heavy atom. The van der Waals surface area contributed by atoms with Crippen molar-refractivity contribution in [2.75, 3.05) is 36.9 Å². The zero-order valence-electron chi connectivity index (χ0n) is 16.8. The van der Waals surface area contributed by atoms with Crippen LogP contribution in [0.25, 0.3) is 0 Å². The van der Waals surface area contributed by atoms with Crippen molar-refractivity contribution in [3.63, 3.8) is 0 Å². The van der Waals surface area contributed by atoms with Gasteiger partial charge in [0, 0.05) is 51.4 Å². The van der Waals surface area contributed by atoms with E-state index in [2.05, 4.69) is 34.5 Å². The summed E-state index contributed by atoms with van der Waals surface area (Å²) in [6.07, 6.45) is 4.08. The van der Waals surface area contributed by atoms with Gasteiger partial charge in [-0.05, 0) is 43.0 Å². The Morgan fingerprint density at radius 1 is 1.10 bits per heavy atom. The molecule has 0 bridgehead atoms. The molecular weight excluding hydrogens is 368 g/mol. The molecule has 1 amide bonds. The van der Waals surface area contributed by atoms with E-state index >= 15 is 0 Å². The summed E-state index contributed by atoms with van der Waals surface area (Å²) < 4.78 is 0. The van der Waals surface area contributed by atoms with Crippen LogP contribution in [0, 0.1) is 10.1 Å². The van der Waals surface area contributed by atoms with Crippen LogP contribution in [0.4, 0.5) is 17.1 Å². The van der Waals surface area contributed by atoms with Gasteiger partial charge in [-0.1, -0.05) is 24.3 Å². The van der Waals surface area contributed by atoms with Crippen molar-refractivity contribution in [1.29, 1.82) is 0 Å². The summed E-state index contributed by atoms with van der Waals surface area (Å²) in [4.78, 5) is 27.1. The standard InChI is InChI=1S/C22H28N4O3/c1-24(17-18-9-11-19(12-10-18)25-15-5-2-6-16-25)22(27)13-14-23-20-7-3-4-8-21(20)26(28)29/h3-4,7-12,23H,2,5-6,13-17H2,1H3. The van der Waals surface area contributed by atoms with Gasteiger partial charge in [-0.2, -0.15) is 0 Å². The Hall–Kier alpha value is -3.09. The van der Waals surface area contributed by atoms with Crippen molar-refractivity contribution in [3.8, 4) is 0 Å². The van der Waals surface area contributed by atoms with Crippen LogP contribution >= 0.6 is 0 Å². The topological polar surface area (TPSA) is 78.7 Å². The van der Waals surface area contributed by atoms with E-state index in [4.69, 9.17) is 0 Å². The van der Waals surface area contributed by atoms with Crippen molar-refractivity contribution >= 4 is 23.0 Å². The zero-order chi connectivity index (χ0) is 20.6. The first-order valence-electron chi connectivity index (χ1n) is 10.1. The smallest absolute Gasteiger partial charge is 0.292 e. The predicted molar refractivity (Wildman–Crippen MR) is 115 cm³/mol. The number of carbonyl (C=O) groups excluding carboxylic acids is 1. The maximum Gasteiger partial charge on any atom is 0.292 e. The molecule has 7 nitrogen and oxygen atoms in total. The van der Waals surface area contributed by atoms with Crippen molar-refractivity contribution in [1.82, 2.24) is 4.90 Å². The summed E-state index contributed by atoms with van der Waals surface area (Å²) in [6, 6.07) is 14.9. The largest absolute Gasteiger partial charge is 0.379 e. The number of nitro benzene ring substituents is 1. The average Bonchev–Trinajstić information content (AvgIpc) is 2.75. The van der Waals surface area contributed by atoms with Crippen molar-refractivity contribution in [2.24, 2.45) is 0 Å². The number of benzene rings is 2. The number of carbonyl (C=O) groups is 1. The van der Waals surface area contributed by atoms with Gasteiger partial charge in [-0.25, -0.2) is 0 Å². The first-order chi connectivity index (χ1) is 14.0. The number of anilines is 2. The van der Waals surface area contributed by atoms with Gasteiger partial charge in [0.1, 0.15) is 5.69 Å². The van der Waals surface area contributed by atoms with Gasteiger partial charge >= 0.3 is 0 Å². The zero-order valence-corrected chi connectivity index (χ0v) is 16.8. The third-order valence-electron chi connectivity index (χ3n) is 5.26. The molecule has 29 heavy (non-hydrogen) atoms. The fraction of sp³-hybridized carbons (Fsp3) is 0.409. The molecule has 0 unspecified atom stereocenters. The van der Waals surface area contributed by atoms with Gasteiger partial charge in [-0.3, -0.25) is 14.9 Å². The van der Waals surface area contributed by atoms with Gasteiger partial charge in [0.15, 0.2) is 0 Å². The van der Waals surface area contributed by atoms with Crippen LogP contribution in [0.1, 0.15) is 31.2 Å². The minimum atomic E-state index is -0.427. The fourth-order valence-corrected chi connectivity index (χ4v) is 3.60. The maximum atomic E-state index is 12.4. The molecule has 0 atom stereocenters. The first-order valence-corrected chi connectivity index (χ1v) is 10.1. The highest BCUT2D eigenvalue weighted by atomic mass is 16.6. The third kappa shape index (κ3) is 5.70. The van der Waals surface area contributed by atoms with E-state index in [1.807, 2.05) is 0 Å². The molecule has 1 N–H and O–H groups in total. The highest BCUT2D eigenvalue weighted by Gasteiger charge is 2.14. The molecule has 1 aliphatic heterocycles. The molecule has 2 aromatic rings. The lowest BCUT2D eigenvalue weighted by molar-refractivity contribution is -0.384. The molecule has 1 aliphatic rings. The lowest BCUT2D eigenvalue weighted by Crippen LogP contribution is -2.29. The molecule has 154 valence electrons. The fourth-order valence-electron chi connectivity index (χ4n) is 3.60. The highest BCUT2D eigenvalue weighted by Crippen LogP contribution is 2.23. The minimum Gasteiger partial charge on any atom is -0.379 e. The van der Waals surface area contributed by atoms with Crippen LogP contribution in [-0.2, 0) is 11.3 Å². The van der Waals surface area contributed by atoms with E-state index in [0.717, 1.165) is 18.7 Å². The van der Waals surface area contributed by atoms with Gasteiger partial charge in [0.05, 0.1) is 4.92 Å². The number of rotatable bonds is 8. The van der Waals surface area contributed by atoms with E-state index in [1.54, 1.807) is 30.1 Å². The molecule has 1 heterocycles. The number of piperidine rings is 1. The lowest BCUT2D eigenvalue weighted by atomic mass is 10.1. The van der Waals surface area contributed by atoms with Crippen molar-refractivity contribution in [3.05, 3.63) is 64.2 Å². The van der Waals surface area contributed by atoms with E-state index in [0.29, 0.717) is 18.8 Å². The summed E-state index contributed by atoms with van der Waals surface area (Å²) in [5.41, 5.74) is 2.78. The van der Waals surface area contributed by atoms with Gasteiger partial charge in [0.2, 0.25) is 5.91 Å². The molecule has 1 saturated heterocycles. The molecule has 0 saturated carbocycles. The summed E-state index contributed by atoms with van der Waals surface area (Å²) in [5.74, 6) is -0.00353. The van der Waals surface area contributed by atoms with E-state index < -0.39 is 4.92 Å². The normalized spacial score (nSPS) is 13.8. The summed E-state index contributed by atoms with van der Waals surface area (Å²) in [6.45, 7) is 3.13. The lowest BCUT2D eigenvalue weighted by Gasteiger charge is -2.29. The van der Waals surface area contributed by atoms with Crippen LogP contribution < -0.4 is 10.2 Å². The van der Waals surface area contributed by atoms with Gasteiger partial charge in [0.25, 0.3) is 5.69 Å². The number of nitrogens with zero attached hydrogens (tertiary/aromatic N) is 3. The van der Waals surface area contributed by atoms with Gasteiger partial charge < -0.3 is 15.1 Å². The SMILES string of the molecule is CN(Cc1ccc(N2CCCCC2)cc1)C(=O)CCNc1ccccc1[N+](=O)[O-]. The number of nitrogens with one attached hydrogen (secondary N) is 1. The van der Waals surface area contributed by atoms with Crippen LogP contribution in [0.15, 0.2) is 48.5 Å². The molecule has 0 aliphatic carbocycles. The molecule has 3 rings (SSSR count). The molecule has 0 radical (unpaired) electrons. The Balaban J connectivity index is 1.47. The van der Waals surface area contributed by atoms with Crippen LogP contribution in [0.5, 0.6) is 0 Å². The second-order valence-corrected chi connectivity index (χ2v) is 7.41. The molecule has 0 aromatic heterocycles. The van der Waals surface area contributed by atoms with Crippen LogP contribution in [0.2, 0.25) is 0 Å². The number of nitro groups is 1. The molecular formula is C22H28N4O3. The number of hydrogen-bond acceptors (Lipinski definition) is 5. The van der Waals surface area contributed by atoms with Crippen LogP contribution in [0.3, 0.4) is 0 Å². The minimum absolute atomic E-state index is 0.00353.